The molecule has 0 aromatic heterocycles. The Kier molecular flexibility index (Phi) is 7.42. The lowest BCUT2D eigenvalue weighted by Gasteiger charge is -2.32. The summed E-state index contributed by atoms with van der Waals surface area (Å²) in [6.45, 7) is 7.38. The number of hydrogen-bond donors (Lipinski definition) is 2. The standard InChI is InChI=1S/C32H33N5O3/c1-5-36(6-2)24-18-16-23(17-19-24)34-32(33-22(3)38)30(35-37(31(32)39)25-12-8-7-9-13-25)28-20-21-29(40-4)27-15-11-10-14-26(27)28/h7-21,34H,5-6H2,1-4H3,(H,33,38). The third-order valence-corrected chi connectivity index (χ3v) is 7.12. The van der Waals surface area contributed by atoms with E-state index >= 15 is 0 Å². The van der Waals surface area contributed by atoms with Crippen molar-refractivity contribution in [2.75, 3.05) is 35.4 Å². The number of hydrogen-bond acceptors (Lipinski definition) is 6. The number of nitrogens with zero attached hydrogens (tertiary/aromatic N) is 3. The molecular weight excluding hydrogens is 502 g/mol. The molecule has 40 heavy (non-hydrogen) atoms. The van der Waals surface area contributed by atoms with Crippen molar-refractivity contribution in [1.29, 1.82) is 0 Å². The van der Waals surface area contributed by atoms with Crippen LogP contribution in [0, 0.1) is 0 Å². The van der Waals surface area contributed by atoms with E-state index in [1.807, 2.05) is 91.0 Å². The SMILES string of the molecule is CCN(CC)c1ccc(NC2(NC(C)=O)C(=O)N(c3ccccc3)N=C2c2ccc(OC)c3ccccc23)cc1. The molecule has 2 amide bonds. The fraction of sp³-hybridized carbons (Fsp3) is 0.219. The molecular formula is C32H33N5O3. The molecule has 0 bridgehead atoms. The smallest absolute Gasteiger partial charge is 0.300 e. The van der Waals surface area contributed by atoms with Gasteiger partial charge in [0.15, 0.2) is 0 Å². The molecule has 8 nitrogen and oxygen atoms in total. The van der Waals surface area contributed by atoms with Crippen molar-refractivity contribution >= 4 is 45.4 Å². The lowest BCUT2D eigenvalue weighted by atomic mass is 9.91. The van der Waals surface area contributed by atoms with E-state index in [9.17, 15) is 9.59 Å². The average Bonchev–Trinajstić information content (AvgIpc) is 3.24. The number of anilines is 3. The normalized spacial score (nSPS) is 16.6. The van der Waals surface area contributed by atoms with Gasteiger partial charge in [0.2, 0.25) is 11.6 Å². The van der Waals surface area contributed by atoms with Gasteiger partial charge in [0.25, 0.3) is 0 Å². The molecule has 4 aromatic rings. The van der Waals surface area contributed by atoms with E-state index < -0.39 is 11.6 Å². The van der Waals surface area contributed by atoms with E-state index in [-0.39, 0.29) is 5.91 Å². The number of ether oxygens (including phenoxy) is 1. The van der Waals surface area contributed by atoms with E-state index in [2.05, 4.69) is 29.4 Å². The summed E-state index contributed by atoms with van der Waals surface area (Å²) in [5.74, 6) is -0.0908. The highest BCUT2D eigenvalue weighted by Gasteiger charge is 2.54. The van der Waals surface area contributed by atoms with Crippen LogP contribution in [0.15, 0.2) is 96.1 Å². The highest BCUT2D eigenvalue weighted by Crippen LogP contribution is 2.36. The van der Waals surface area contributed by atoms with Crippen LogP contribution in [0.25, 0.3) is 10.8 Å². The Morgan fingerprint density at radius 1 is 0.900 bits per heavy atom. The summed E-state index contributed by atoms with van der Waals surface area (Å²) in [6.07, 6.45) is 0. The minimum atomic E-state index is -1.67. The topological polar surface area (TPSA) is 86.3 Å². The number of hydrazone groups is 1. The maximum atomic E-state index is 14.4. The van der Waals surface area contributed by atoms with E-state index in [1.54, 1.807) is 7.11 Å². The molecule has 0 saturated heterocycles. The molecule has 0 spiro atoms. The molecule has 1 heterocycles. The Morgan fingerprint density at radius 3 is 2.17 bits per heavy atom. The van der Waals surface area contributed by atoms with E-state index in [1.165, 1.54) is 11.9 Å². The number of para-hydroxylation sites is 1. The highest BCUT2D eigenvalue weighted by molar-refractivity contribution is 6.33. The molecule has 1 aliphatic rings. The Labute approximate surface area is 234 Å². The van der Waals surface area contributed by atoms with Gasteiger partial charge in [-0.1, -0.05) is 42.5 Å². The molecule has 4 aromatic carbocycles. The maximum absolute atomic E-state index is 14.4. The first kappa shape index (κ1) is 26.7. The number of carbonyl (C=O) groups excluding carboxylic acids is 2. The van der Waals surface area contributed by atoms with E-state index in [4.69, 9.17) is 9.84 Å². The van der Waals surface area contributed by atoms with Gasteiger partial charge in [0, 0.05) is 42.3 Å². The zero-order chi connectivity index (χ0) is 28.3. The predicted octanol–water partition coefficient (Wildman–Crippen LogP) is 5.39. The third-order valence-electron chi connectivity index (χ3n) is 7.12. The summed E-state index contributed by atoms with van der Waals surface area (Å²) < 4.78 is 5.61. The molecule has 0 fully saturated rings. The first-order valence-corrected chi connectivity index (χ1v) is 13.4. The highest BCUT2D eigenvalue weighted by atomic mass is 16.5. The summed E-state index contributed by atoms with van der Waals surface area (Å²) in [5.41, 5.74) is 1.73. The lowest BCUT2D eigenvalue weighted by Crippen LogP contribution is -2.64. The minimum absolute atomic E-state index is 0.374. The summed E-state index contributed by atoms with van der Waals surface area (Å²) >= 11 is 0. The van der Waals surface area contributed by atoms with Crippen LogP contribution < -0.4 is 25.3 Å². The van der Waals surface area contributed by atoms with Crippen LogP contribution in [0.1, 0.15) is 26.3 Å². The average molecular weight is 536 g/mol. The number of rotatable bonds is 9. The van der Waals surface area contributed by atoms with Crippen LogP contribution in [0.4, 0.5) is 17.1 Å². The van der Waals surface area contributed by atoms with Gasteiger partial charge in [-0.15, -0.1) is 0 Å². The van der Waals surface area contributed by atoms with Crippen LogP contribution >= 0.6 is 0 Å². The van der Waals surface area contributed by atoms with Crippen molar-refractivity contribution in [3.8, 4) is 5.75 Å². The van der Waals surface area contributed by atoms with Crippen molar-refractivity contribution in [2.24, 2.45) is 5.10 Å². The Balaban J connectivity index is 1.70. The second kappa shape index (κ2) is 11.1. The number of methoxy groups -OCH3 is 1. The van der Waals surface area contributed by atoms with Gasteiger partial charge in [-0.3, -0.25) is 9.59 Å². The van der Waals surface area contributed by atoms with E-state index in [0.29, 0.717) is 28.4 Å². The van der Waals surface area contributed by atoms with Crippen LogP contribution in [0.3, 0.4) is 0 Å². The molecule has 5 rings (SSSR count). The number of amides is 2. The van der Waals surface area contributed by atoms with Gasteiger partial charge in [-0.05, 0) is 67.8 Å². The number of benzene rings is 4. The molecule has 0 saturated carbocycles. The molecule has 8 heteroatoms. The predicted molar refractivity (Wildman–Crippen MR) is 161 cm³/mol. The number of fused-ring (bicyclic) bond motifs is 1. The molecule has 0 radical (unpaired) electrons. The third kappa shape index (κ3) is 4.73. The number of carbonyl (C=O) groups is 2. The van der Waals surface area contributed by atoms with Gasteiger partial charge in [0.05, 0.1) is 12.8 Å². The molecule has 1 unspecified atom stereocenters. The largest absolute Gasteiger partial charge is 0.496 e. The summed E-state index contributed by atoms with van der Waals surface area (Å²) in [6, 6.07) is 28.6. The lowest BCUT2D eigenvalue weighted by molar-refractivity contribution is -0.127. The monoisotopic (exact) mass is 535 g/mol. The molecule has 0 aliphatic carbocycles. The van der Waals surface area contributed by atoms with Crippen molar-refractivity contribution in [1.82, 2.24) is 5.32 Å². The first-order chi connectivity index (χ1) is 19.4. The molecule has 1 aliphatic heterocycles. The molecule has 204 valence electrons. The Morgan fingerprint density at radius 2 is 1.55 bits per heavy atom. The van der Waals surface area contributed by atoms with Crippen LogP contribution in [0.2, 0.25) is 0 Å². The Hall–Kier alpha value is -4.85. The first-order valence-electron chi connectivity index (χ1n) is 13.4. The number of nitrogens with one attached hydrogen (secondary N) is 2. The van der Waals surface area contributed by atoms with E-state index in [0.717, 1.165) is 29.5 Å². The fourth-order valence-corrected chi connectivity index (χ4v) is 5.22. The van der Waals surface area contributed by atoms with Gasteiger partial charge >= 0.3 is 5.91 Å². The zero-order valence-electron chi connectivity index (χ0n) is 23.1. The van der Waals surface area contributed by atoms with Crippen LogP contribution in [-0.4, -0.2) is 43.4 Å². The van der Waals surface area contributed by atoms with Crippen LogP contribution in [0.5, 0.6) is 5.75 Å². The molecule has 2 N–H and O–H groups in total. The maximum Gasteiger partial charge on any atom is 0.300 e. The minimum Gasteiger partial charge on any atom is -0.496 e. The fourth-order valence-electron chi connectivity index (χ4n) is 5.22. The Bertz CT molecular complexity index is 1570. The molecule has 1 atom stereocenters. The van der Waals surface area contributed by atoms with Crippen molar-refractivity contribution in [2.45, 2.75) is 26.4 Å². The van der Waals surface area contributed by atoms with Crippen molar-refractivity contribution in [3.05, 3.63) is 96.6 Å². The van der Waals surface area contributed by atoms with Gasteiger partial charge in [0.1, 0.15) is 11.5 Å². The second-order valence-electron chi connectivity index (χ2n) is 9.54. The summed E-state index contributed by atoms with van der Waals surface area (Å²) in [4.78, 5) is 29.4. The zero-order valence-corrected chi connectivity index (χ0v) is 23.1. The van der Waals surface area contributed by atoms with Crippen LogP contribution in [-0.2, 0) is 9.59 Å². The quantitative estimate of drug-likeness (QED) is 0.281. The van der Waals surface area contributed by atoms with Crippen molar-refractivity contribution < 1.29 is 14.3 Å². The van der Waals surface area contributed by atoms with Gasteiger partial charge < -0.3 is 20.3 Å². The van der Waals surface area contributed by atoms with Gasteiger partial charge in [-0.25, -0.2) is 0 Å². The van der Waals surface area contributed by atoms with Crippen molar-refractivity contribution in [3.63, 3.8) is 0 Å². The summed E-state index contributed by atoms with van der Waals surface area (Å²) in [5, 5.41) is 14.2. The van der Waals surface area contributed by atoms with Gasteiger partial charge in [-0.2, -0.15) is 10.1 Å². The summed E-state index contributed by atoms with van der Waals surface area (Å²) in [7, 11) is 1.63. The second-order valence-corrected chi connectivity index (χ2v) is 9.54.